The van der Waals surface area contributed by atoms with Crippen LogP contribution in [0.4, 0.5) is 4.39 Å². The summed E-state index contributed by atoms with van der Waals surface area (Å²) in [7, 11) is -2.86. The zero-order valence-corrected chi connectivity index (χ0v) is 18.7. The summed E-state index contributed by atoms with van der Waals surface area (Å²) in [6.07, 6.45) is 0.974. The summed E-state index contributed by atoms with van der Waals surface area (Å²) in [6.45, 7) is 3.88. The molecular formula is C20H28FN3O6S. The molecule has 2 amide bonds. The molecule has 0 saturated carbocycles. The summed E-state index contributed by atoms with van der Waals surface area (Å²) < 4.78 is 45.7. The zero-order chi connectivity index (χ0) is 23.2. The number of carbonyl (C=O) groups is 3. The van der Waals surface area contributed by atoms with Crippen LogP contribution in [-0.4, -0.2) is 75.3 Å². The van der Waals surface area contributed by atoms with Gasteiger partial charge in [-0.25, -0.2) is 12.8 Å². The number of nitrogens with one attached hydrogen (secondary N) is 1. The molecule has 0 unspecified atom stereocenters. The normalized spacial score (nSPS) is 15.9. The molecule has 0 radical (unpaired) electrons. The van der Waals surface area contributed by atoms with Crippen molar-refractivity contribution in [1.29, 1.82) is 0 Å². The molecule has 172 valence electrons. The Kier molecular flexibility index (Phi) is 8.52. The molecule has 1 aliphatic rings. The first-order valence-corrected chi connectivity index (χ1v) is 11.5. The van der Waals surface area contributed by atoms with Crippen LogP contribution in [0, 0.1) is 11.7 Å². The molecule has 0 aliphatic carbocycles. The number of piperidine rings is 1. The Morgan fingerprint density at radius 2 is 1.87 bits per heavy atom. The van der Waals surface area contributed by atoms with E-state index in [2.05, 4.69) is 4.72 Å². The van der Waals surface area contributed by atoms with Crippen molar-refractivity contribution in [3.8, 4) is 0 Å². The number of hydrogen-bond donors (Lipinski definition) is 1. The van der Waals surface area contributed by atoms with Crippen LogP contribution in [0.5, 0.6) is 0 Å². The zero-order valence-electron chi connectivity index (χ0n) is 17.8. The molecule has 9 nitrogen and oxygen atoms in total. The van der Waals surface area contributed by atoms with E-state index in [1.165, 1.54) is 26.1 Å². The van der Waals surface area contributed by atoms with Crippen LogP contribution >= 0.6 is 0 Å². The van der Waals surface area contributed by atoms with E-state index in [0.717, 1.165) is 17.0 Å². The molecule has 1 atom stereocenters. The molecular weight excluding hydrogens is 429 g/mol. The van der Waals surface area contributed by atoms with Gasteiger partial charge in [0.15, 0.2) is 0 Å². The largest absolute Gasteiger partial charge is 0.466 e. The molecule has 1 aliphatic heterocycles. The van der Waals surface area contributed by atoms with Gasteiger partial charge in [0, 0.05) is 20.1 Å². The van der Waals surface area contributed by atoms with Gasteiger partial charge in [-0.1, -0.05) is 12.1 Å². The third-order valence-electron chi connectivity index (χ3n) is 5.04. The van der Waals surface area contributed by atoms with Crippen molar-refractivity contribution in [2.24, 2.45) is 5.92 Å². The standard InChI is InChI=1S/C20H28FN3O6S/c1-4-30-20(27)15-9-11-24(12-10-15)18(25)13-23(3)19(26)14(2)22-31(28,29)17-8-6-5-7-16(17)21/h5-8,14-15,22H,4,9-13H2,1-3H3/t14-/m0/s1. The second-order valence-corrected chi connectivity index (χ2v) is 9.06. The van der Waals surface area contributed by atoms with Gasteiger partial charge < -0.3 is 14.5 Å². The minimum absolute atomic E-state index is 0.240. The summed E-state index contributed by atoms with van der Waals surface area (Å²) in [5, 5.41) is 0. The fourth-order valence-electron chi connectivity index (χ4n) is 3.35. The maximum absolute atomic E-state index is 13.8. The van der Waals surface area contributed by atoms with E-state index in [4.69, 9.17) is 4.74 Å². The van der Waals surface area contributed by atoms with Crippen LogP contribution in [-0.2, 0) is 29.1 Å². The molecule has 2 rings (SSSR count). The second kappa shape index (κ2) is 10.7. The number of nitrogens with zero attached hydrogens (tertiary/aromatic N) is 2. The highest BCUT2D eigenvalue weighted by atomic mass is 32.2. The smallest absolute Gasteiger partial charge is 0.309 e. The molecule has 1 heterocycles. The van der Waals surface area contributed by atoms with Crippen LogP contribution in [0.15, 0.2) is 29.2 Å². The summed E-state index contributed by atoms with van der Waals surface area (Å²) in [6, 6.07) is 3.65. The molecule has 11 heteroatoms. The fraction of sp³-hybridized carbons (Fsp3) is 0.550. The van der Waals surface area contributed by atoms with E-state index in [-0.39, 0.29) is 24.3 Å². The van der Waals surface area contributed by atoms with Gasteiger partial charge in [-0.2, -0.15) is 4.72 Å². The molecule has 0 bridgehead atoms. The average Bonchev–Trinajstić information content (AvgIpc) is 2.73. The first-order chi connectivity index (χ1) is 14.6. The van der Waals surface area contributed by atoms with Crippen molar-refractivity contribution < 1.29 is 31.9 Å². The molecule has 0 aromatic heterocycles. The first-order valence-electron chi connectivity index (χ1n) is 10.0. The number of esters is 1. The number of sulfonamides is 1. The van der Waals surface area contributed by atoms with Gasteiger partial charge >= 0.3 is 5.97 Å². The van der Waals surface area contributed by atoms with Gasteiger partial charge in [0.1, 0.15) is 10.7 Å². The minimum Gasteiger partial charge on any atom is -0.466 e. The van der Waals surface area contributed by atoms with E-state index in [0.29, 0.717) is 32.5 Å². The van der Waals surface area contributed by atoms with Crippen molar-refractivity contribution in [2.75, 3.05) is 33.3 Å². The third kappa shape index (κ3) is 6.47. The lowest BCUT2D eigenvalue weighted by atomic mass is 9.97. The molecule has 31 heavy (non-hydrogen) atoms. The molecule has 1 saturated heterocycles. The summed E-state index contributed by atoms with van der Waals surface area (Å²) >= 11 is 0. The summed E-state index contributed by atoms with van der Waals surface area (Å²) in [4.78, 5) is 39.0. The van der Waals surface area contributed by atoms with E-state index in [1.54, 1.807) is 11.8 Å². The van der Waals surface area contributed by atoms with Gasteiger partial charge in [-0.3, -0.25) is 14.4 Å². The Hall–Kier alpha value is -2.53. The average molecular weight is 458 g/mol. The maximum atomic E-state index is 13.8. The Balaban J connectivity index is 1.89. The Bertz CT molecular complexity index is 915. The van der Waals surface area contributed by atoms with E-state index >= 15 is 0 Å². The molecule has 1 aromatic rings. The van der Waals surface area contributed by atoms with Gasteiger partial charge in [0.25, 0.3) is 0 Å². The SMILES string of the molecule is CCOC(=O)C1CCN(C(=O)CN(C)C(=O)[C@H](C)NS(=O)(=O)c2ccccc2F)CC1. The monoisotopic (exact) mass is 457 g/mol. The second-order valence-electron chi connectivity index (χ2n) is 7.37. The van der Waals surface area contributed by atoms with Crippen molar-refractivity contribution in [2.45, 2.75) is 37.6 Å². The predicted octanol–water partition coefficient (Wildman–Crippen LogP) is 0.753. The van der Waals surface area contributed by atoms with Crippen molar-refractivity contribution in [1.82, 2.24) is 14.5 Å². The Labute approximate surface area is 181 Å². The van der Waals surface area contributed by atoms with Gasteiger partial charge in [0.05, 0.1) is 25.1 Å². The van der Waals surface area contributed by atoms with Crippen LogP contribution in [0.1, 0.15) is 26.7 Å². The third-order valence-corrected chi connectivity index (χ3v) is 6.62. The highest BCUT2D eigenvalue weighted by Crippen LogP contribution is 2.19. The number of hydrogen-bond acceptors (Lipinski definition) is 6. The minimum atomic E-state index is -4.25. The Morgan fingerprint density at radius 3 is 2.45 bits per heavy atom. The summed E-state index contributed by atoms with van der Waals surface area (Å²) in [5.74, 6) is -2.37. The maximum Gasteiger partial charge on any atom is 0.309 e. The van der Waals surface area contributed by atoms with Crippen LogP contribution in [0.2, 0.25) is 0 Å². The quantitative estimate of drug-likeness (QED) is 0.577. The molecule has 1 fully saturated rings. The number of likely N-dealkylation sites (N-methyl/N-ethyl adjacent to an activating group) is 1. The van der Waals surface area contributed by atoms with Crippen molar-refractivity contribution >= 4 is 27.8 Å². The van der Waals surface area contributed by atoms with Crippen LogP contribution < -0.4 is 4.72 Å². The van der Waals surface area contributed by atoms with E-state index in [1.807, 2.05) is 0 Å². The number of amides is 2. The topological polar surface area (TPSA) is 113 Å². The number of ether oxygens (including phenoxy) is 1. The van der Waals surface area contributed by atoms with Gasteiger partial charge in [-0.05, 0) is 38.8 Å². The fourth-order valence-corrected chi connectivity index (χ4v) is 4.62. The highest BCUT2D eigenvalue weighted by molar-refractivity contribution is 7.89. The predicted molar refractivity (Wildman–Crippen MR) is 110 cm³/mol. The highest BCUT2D eigenvalue weighted by Gasteiger charge is 2.30. The number of benzene rings is 1. The van der Waals surface area contributed by atoms with Gasteiger partial charge in [0.2, 0.25) is 21.8 Å². The van der Waals surface area contributed by atoms with E-state index in [9.17, 15) is 27.2 Å². The van der Waals surface area contributed by atoms with Crippen LogP contribution in [0.3, 0.4) is 0 Å². The summed E-state index contributed by atoms with van der Waals surface area (Å²) in [5.41, 5.74) is 0. The lowest BCUT2D eigenvalue weighted by molar-refractivity contribution is -0.151. The number of halogens is 1. The van der Waals surface area contributed by atoms with Crippen molar-refractivity contribution in [3.63, 3.8) is 0 Å². The number of carbonyl (C=O) groups excluding carboxylic acids is 3. The van der Waals surface area contributed by atoms with Crippen LogP contribution in [0.25, 0.3) is 0 Å². The Morgan fingerprint density at radius 1 is 1.26 bits per heavy atom. The van der Waals surface area contributed by atoms with Crippen molar-refractivity contribution in [3.05, 3.63) is 30.1 Å². The molecule has 1 aromatic carbocycles. The lowest BCUT2D eigenvalue weighted by Crippen LogP contribution is -2.50. The van der Waals surface area contributed by atoms with E-state index < -0.39 is 32.7 Å². The number of rotatable bonds is 8. The lowest BCUT2D eigenvalue weighted by Gasteiger charge is -2.32. The first kappa shape index (κ1) is 24.7. The molecule has 0 spiro atoms. The van der Waals surface area contributed by atoms with Gasteiger partial charge in [-0.15, -0.1) is 0 Å². The number of likely N-dealkylation sites (tertiary alicyclic amines) is 1. The molecule has 1 N–H and O–H groups in total.